The molecule has 9 heteroatoms. The summed E-state index contributed by atoms with van der Waals surface area (Å²) in [5, 5.41) is 0. The predicted octanol–water partition coefficient (Wildman–Crippen LogP) is -0.258. The van der Waals surface area contributed by atoms with Crippen molar-refractivity contribution >= 4 is 21.1 Å². The second kappa shape index (κ2) is 6.44. The molecule has 0 unspecified atom stereocenters. The van der Waals surface area contributed by atoms with Crippen molar-refractivity contribution in [2.75, 3.05) is 39.4 Å². The number of sulfonamides is 1. The molecular formula is C14H19N3O5S. The Labute approximate surface area is 133 Å². The monoisotopic (exact) mass is 341 g/mol. The van der Waals surface area contributed by atoms with Crippen molar-refractivity contribution in [3.05, 3.63) is 28.7 Å². The number of benzene rings is 1. The van der Waals surface area contributed by atoms with E-state index in [-0.39, 0.29) is 10.5 Å². The molecule has 0 aliphatic carbocycles. The van der Waals surface area contributed by atoms with E-state index in [1.807, 2.05) is 0 Å². The molecule has 0 spiro atoms. The predicted molar refractivity (Wildman–Crippen MR) is 83.9 cm³/mol. The second-order valence-corrected chi connectivity index (χ2v) is 7.18. The van der Waals surface area contributed by atoms with Gasteiger partial charge in [0.15, 0.2) is 5.58 Å². The van der Waals surface area contributed by atoms with Gasteiger partial charge in [-0.15, -0.1) is 0 Å². The van der Waals surface area contributed by atoms with Crippen molar-refractivity contribution in [2.24, 2.45) is 7.05 Å². The van der Waals surface area contributed by atoms with Crippen molar-refractivity contribution < 1.29 is 17.6 Å². The molecule has 0 radical (unpaired) electrons. The SMILES string of the molecule is Cn1c(=O)oc2cc(S(=O)(=O)NCCN3CCOCC3)ccc21. The van der Waals surface area contributed by atoms with Crippen LogP contribution in [0.3, 0.4) is 0 Å². The highest BCUT2D eigenvalue weighted by molar-refractivity contribution is 7.89. The molecule has 1 saturated heterocycles. The Balaban J connectivity index is 1.70. The number of hydrogen-bond acceptors (Lipinski definition) is 6. The first-order valence-corrected chi connectivity index (χ1v) is 8.85. The number of nitrogens with zero attached hydrogens (tertiary/aromatic N) is 2. The average molecular weight is 341 g/mol. The maximum atomic E-state index is 12.3. The lowest BCUT2D eigenvalue weighted by Crippen LogP contribution is -2.41. The minimum atomic E-state index is -3.64. The highest BCUT2D eigenvalue weighted by Gasteiger charge is 2.17. The fourth-order valence-electron chi connectivity index (χ4n) is 2.53. The number of oxazole rings is 1. The second-order valence-electron chi connectivity index (χ2n) is 5.41. The lowest BCUT2D eigenvalue weighted by molar-refractivity contribution is 0.0390. The van der Waals surface area contributed by atoms with Gasteiger partial charge in [-0.3, -0.25) is 9.47 Å². The van der Waals surface area contributed by atoms with Crippen LogP contribution in [0, 0.1) is 0 Å². The molecule has 3 rings (SSSR count). The van der Waals surface area contributed by atoms with Crippen LogP contribution in [-0.2, 0) is 21.8 Å². The van der Waals surface area contributed by atoms with Crippen molar-refractivity contribution in [3.8, 4) is 0 Å². The molecular weight excluding hydrogens is 322 g/mol. The van der Waals surface area contributed by atoms with Gasteiger partial charge in [0.05, 0.1) is 23.6 Å². The number of hydrogen-bond donors (Lipinski definition) is 1. The summed E-state index contributed by atoms with van der Waals surface area (Å²) in [4.78, 5) is 13.7. The van der Waals surface area contributed by atoms with Gasteiger partial charge in [0, 0.05) is 39.3 Å². The van der Waals surface area contributed by atoms with Crippen LogP contribution in [0.2, 0.25) is 0 Å². The maximum Gasteiger partial charge on any atom is 0.419 e. The van der Waals surface area contributed by atoms with Crippen LogP contribution in [0.4, 0.5) is 0 Å². The van der Waals surface area contributed by atoms with E-state index in [2.05, 4.69) is 9.62 Å². The van der Waals surface area contributed by atoms with E-state index in [1.54, 1.807) is 13.1 Å². The molecule has 0 amide bonds. The third-order valence-corrected chi connectivity index (χ3v) is 5.36. The number of ether oxygens (including phenoxy) is 1. The van der Waals surface area contributed by atoms with Crippen LogP contribution in [0.1, 0.15) is 0 Å². The topological polar surface area (TPSA) is 93.8 Å². The number of aromatic nitrogens is 1. The van der Waals surface area contributed by atoms with Crippen LogP contribution in [0.25, 0.3) is 11.1 Å². The van der Waals surface area contributed by atoms with Crippen molar-refractivity contribution in [1.29, 1.82) is 0 Å². The van der Waals surface area contributed by atoms with E-state index in [1.165, 1.54) is 16.7 Å². The van der Waals surface area contributed by atoms with Gasteiger partial charge in [0.25, 0.3) is 0 Å². The molecule has 0 atom stereocenters. The normalized spacial score (nSPS) is 16.9. The van der Waals surface area contributed by atoms with Crippen molar-refractivity contribution in [1.82, 2.24) is 14.2 Å². The number of aryl methyl sites for hydroxylation is 1. The third kappa shape index (κ3) is 3.47. The summed E-state index contributed by atoms with van der Waals surface area (Å²) >= 11 is 0. The highest BCUT2D eigenvalue weighted by atomic mass is 32.2. The van der Waals surface area contributed by atoms with Crippen LogP contribution in [-0.4, -0.2) is 57.3 Å². The summed E-state index contributed by atoms with van der Waals surface area (Å²) in [6.45, 7) is 3.92. The Bertz CT molecular complexity index is 849. The molecule has 2 aromatic rings. The summed E-state index contributed by atoms with van der Waals surface area (Å²) in [5.74, 6) is -0.519. The molecule has 126 valence electrons. The van der Waals surface area contributed by atoms with Gasteiger partial charge in [0.2, 0.25) is 10.0 Å². The first-order valence-electron chi connectivity index (χ1n) is 7.37. The first kappa shape index (κ1) is 16.2. The minimum absolute atomic E-state index is 0.0846. The van der Waals surface area contributed by atoms with E-state index < -0.39 is 15.8 Å². The zero-order chi connectivity index (χ0) is 16.4. The van der Waals surface area contributed by atoms with Crippen LogP contribution in [0.15, 0.2) is 32.3 Å². The van der Waals surface area contributed by atoms with E-state index in [0.29, 0.717) is 31.8 Å². The van der Waals surface area contributed by atoms with E-state index in [4.69, 9.17) is 9.15 Å². The van der Waals surface area contributed by atoms with Gasteiger partial charge in [-0.2, -0.15) is 0 Å². The zero-order valence-electron chi connectivity index (χ0n) is 12.8. The fraction of sp³-hybridized carbons (Fsp3) is 0.500. The molecule has 8 nitrogen and oxygen atoms in total. The number of rotatable bonds is 5. The van der Waals surface area contributed by atoms with Crippen molar-refractivity contribution in [3.63, 3.8) is 0 Å². The first-order chi connectivity index (χ1) is 11.0. The Morgan fingerprint density at radius 2 is 2.00 bits per heavy atom. The van der Waals surface area contributed by atoms with Gasteiger partial charge in [0.1, 0.15) is 0 Å². The largest absolute Gasteiger partial charge is 0.419 e. The number of morpholine rings is 1. The van der Waals surface area contributed by atoms with Crippen LogP contribution < -0.4 is 10.5 Å². The van der Waals surface area contributed by atoms with Gasteiger partial charge in [-0.25, -0.2) is 17.9 Å². The minimum Gasteiger partial charge on any atom is -0.408 e. The summed E-state index contributed by atoms with van der Waals surface area (Å²) in [6.07, 6.45) is 0. The summed E-state index contributed by atoms with van der Waals surface area (Å²) in [5.41, 5.74) is 0.816. The molecule has 1 aromatic heterocycles. The maximum absolute atomic E-state index is 12.3. The van der Waals surface area contributed by atoms with Crippen molar-refractivity contribution in [2.45, 2.75) is 4.90 Å². The Morgan fingerprint density at radius 1 is 1.26 bits per heavy atom. The number of fused-ring (bicyclic) bond motifs is 1. The Kier molecular flexibility index (Phi) is 4.53. The van der Waals surface area contributed by atoms with Gasteiger partial charge in [-0.05, 0) is 12.1 Å². The van der Waals surface area contributed by atoms with E-state index in [9.17, 15) is 13.2 Å². The lowest BCUT2D eigenvalue weighted by atomic mass is 10.3. The summed E-state index contributed by atoms with van der Waals surface area (Å²) in [7, 11) is -2.06. The van der Waals surface area contributed by atoms with Gasteiger partial charge in [-0.1, -0.05) is 0 Å². The van der Waals surface area contributed by atoms with E-state index in [0.717, 1.165) is 13.1 Å². The Hall–Kier alpha value is -1.68. The quantitative estimate of drug-likeness (QED) is 0.805. The molecule has 0 bridgehead atoms. The molecule has 1 aliphatic rings. The Morgan fingerprint density at radius 3 is 2.74 bits per heavy atom. The lowest BCUT2D eigenvalue weighted by Gasteiger charge is -2.26. The summed E-state index contributed by atoms with van der Waals surface area (Å²) in [6, 6.07) is 4.40. The molecule has 1 N–H and O–H groups in total. The fourth-order valence-corrected chi connectivity index (χ4v) is 3.56. The van der Waals surface area contributed by atoms with Crippen LogP contribution in [0.5, 0.6) is 0 Å². The summed E-state index contributed by atoms with van der Waals surface area (Å²) < 4.78 is 38.8. The molecule has 23 heavy (non-hydrogen) atoms. The van der Waals surface area contributed by atoms with Crippen LogP contribution >= 0.6 is 0 Å². The smallest absolute Gasteiger partial charge is 0.408 e. The molecule has 1 fully saturated rings. The molecule has 0 saturated carbocycles. The van der Waals surface area contributed by atoms with Gasteiger partial charge < -0.3 is 9.15 Å². The average Bonchev–Trinajstić information content (AvgIpc) is 2.82. The highest BCUT2D eigenvalue weighted by Crippen LogP contribution is 2.17. The third-order valence-electron chi connectivity index (χ3n) is 3.90. The molecule has 2 heterocycles. The zero-order valence-corrected chi connectivity index (χ0v) is 13.6. The number of nitrogens with one attached hydrogen (secondary N) is 1. The molecule has 1 aromatic carbocycles. The van der Waals surface area contributed by atoms with E-state index >= 15 is 0 Å². The van der Waals surface area contributed by atoms with Gasteiger partial charge >= 0.3 is 5.76 Å². The standard InChI is InChI=1S/C14H19N3O5S/c1-16-12-3-2-11(10-13(12)22-14(16)18)23(19,20)15-4-5-17-6-8-21-9-7-17/h2-3,10,15H,4-9H2,1H3. The molecule has 1 aliphatic heterocycles.